The maximum atomic E-state index is 11.4. The Bertz CT molecular complexity index is 920. The zero-order chi connectivity index (χ0) is 18.5. The third kappa shape index (κ3) is 4.25. The molecule has 0 bridgehead atoms. The quantitative estimate of drug-likeness (QED) is 0.612. The molecule has 1 aromatic heterocycles. The van der Waals surface area contributed by atoms with Crippen molar-refractivity contribution in [1.29, 1.82) is 0 Å². The summed E-state index contributed by atoms with van der Waals surface area (Å²) in [5, 5.41) is 6.64. The maximum Gasteiger partial charge on any atom is 0.159 e. The van der Waals surface area contributed by atoms with Gasteiger partial charge < -0.3 is 10.6 Å². The molecule has 5 heteroatoms. The molecule has 132 valence electrons. The van der Waals surface area contributed by atoms with Gasteiger partial charge in [-0.3, -0.25) is 4.79 Å². The largest absolute Gasteiger partial charge is 0.340 e. The van der Waals surface area contributed by atoms with Crippen molar-refractivity contribution in [3.8, 4) is 0 Å². The standard InChI is InChI=1S/C21H22N4O/c1-4-16-7-5-6-8-19(16)25-21-13-20(22-15(3)23-21)24-18-11-9-17(10-12-18)14(2)26/h5-13H,4H2,1-3H3,(H2,22,23,24,25). The van der Waals surface area contributed by atoms with Gasteiger partial charge in [0.1, 0.15) is 17.5 Å². The maximum absolute atomic E-state index is 11.4. The van der Waals surface area contributed by atoms with Crippen LogP contribution in [-0.4, -0.2) is 15.8 Å². The Balaban J connectivity index is 1.82. The van der Waals surface area contributed by atoms with Crippen LogP contribution in [0.1, 0.15) is 35.6 Å². The first kappa shape index (κ1) is 17.6. The number of aromatic nitrogens is 2. The van der Waals surface area contributed by atoms with Crippen LogP contribution in [0.5, 0.6) is 0 Å². The molecule has 3 rings (SSSR count). The lowest BCUT2D eigenvalue weighted by molar-refractivity contribution is 0.101. The highest BCUT2D eigenvalue weighted by Gasteiger charge is 2.06. The Kier molecular flexibility index (Phi) is 5.27. The molecule has 3 aromatic rings. The molecule has 0 fully saturated rings. The molecule has 0 aliphatic rings. The van der Waals surface area contributed by atoms with E-state index in [9.17, 15) is 4.79 Å². The fraction of sp³-hybridized carbons (Fsp3) is 0.190. The molecule has 0 saturated heterocycles. The molecule has 1 heterocycles. The molecule has 2 N–H and O–H groups in total. The zero-order valence-electron chi connectivity index (χ0n) is 15.2. The van der Waals surface area contributed by atoms with Gasteiger partial charge in [0.25, 0.3) is 0 Å². The molecular weight excluding hydrogens is 324 g/mol. The highest BCUT2D eigenvalue weighted by atomic mass is 16.1. The number of benzene rings is 2. The fourth-order valence-corrected chi connectivity index (χ4v) is 2.72. The van der Waals surface area contributed by atoms with Crippen molar-refractivity contribution in [3.63, 3.8) is 0 Å². The Hall–Kier alpha value is -3.21. The average molecular weight is 346 g/mol. The molecular formula is C21H22N4O. The van der Waals surface area contributed by atoms with Crippen molar-refractivity contribution in [3.05, 3.63) is 71.5 Å². The van der Waals surface area contributed by atoms with Crippen LogP contribution in [-0.2, 0) is 6.42 Å². The lowest BCUT2D eigenvalue weighted by atomic mass is 10.1. The number of hydrogen-bond donors (Lipinski definition) is 2. The predicted molar refractivity (Wildman–Crippen MR) is 106 cm³/mol. The van der Waals surface area contributed by atoms with Crippen LogP contribution in [0.3, 0.4) is 0 Å². The zero-order valence-corrected chi connectivity index (χ0v) is 15.2. The number of para-hydroxylation sites is 1. The topological polar surface area (TPSA) is 66.9 Å². The molecule has 0 radical (unpaired) electrons. The number of aryl methyl sites for hydroxylation is 2. The molecule has 0 aliphatic carbocycles. The van der Waals surface area contributed by atoms with Gasteiger partial charge in [-0.1, -0.05) is 25.1 Å². The smallest absolute Gasteiger partial charge is 0.159 e. The van der Waals surface area contributed by atoms with Gasteiger partial charge >= 0.3 is 0 Å². The second-order valence-electron chi connectivity index (χ2n) is 6.08. The summed E-state index contributed by atoms with van der Waals surface area (Å²) in [7, 11) is 0. The summed E-state index contributed by atoms with van der Waals surface area (Å²) < 4.78 is 0. The second kappa shape index (κ2) is 7.78. The number of rotatable bonds is 6. The first-order chi connectivity index (χ1) is 12.5. The van der Waals surface area contributed by atoms with Crippen LogP contribution in [0.2, 0.25) is 0 Å². The van der Waals surface area contributed by atoms with E-state index in [1.165, 1.54) is 5.56 Å². The summed E-state index contributed by atoms with van der Waals surface area (Å²) >= 11 is 0. The van der Waals surface area contributed by atoms with Crippen LogP contribution in [0.15, 0.2) is 54.6 Å². The molecule has 2 aromatic carbocycles. The molecule has 0 aliphatic heterocycles. The van der Waals surface area contributed by atoms with Crippen molar-refractivity contribution in [2.45, 2.75) is 27.2 Å². The van der Waals surface area contributed by atoms with Crippen molar-refractivity contribution in [2.75, 3.05) is 10.6 Å². The summed E-state index contributed by atoms with van der Waals surface area (Å²) in [5.41, 5.74) is 3.84. The number of anilines is 4. The van der Waals surface area contributed by atoms with Crippen LogP contribution >= 0.6 is 0 Å². The number of carbonyl (C=O) groups is 1. The molecule has 26 heavy (non-hydrogen) atoms. The summed E-state index contributed by atoms with van der Waals surface area (Å²) in [6, 6.07) is 17.4. The Labute approximate surface area is 153 Å². The van der Waals surface area contributed by atoms with Gasteiger partial charge in [0, 0.05) is 23.0 Å². The summed E-state index contributed by atoms with van der Waals surface area (Å²) in [5.74, 6) is 2.16. The van der Waals surface area contributed by atoms with Crippen LogP contribution < -0.4 is 10.6 Å². The minimum atomic E-state index is 0.0514. The van der Waals surface area contributed by atoms with Gasteiger partial charge in [0.2, 0.25) is 0 Å². The summed E-state index contributed by atoms with van der Waals surface area (Å²) in [4.78, 5) is 20.3. The van der Waals surface area contributed by atoms with Crippen LogP contribution in [0.25, 0.3) is 0 Å². The Morgan fingerprint density at radius 1 is 0.962 bits per heavy atom. The molecule has 0 saturated carbocycles. The van der Waals surface area contributed by atoms with Gasteiger partial charge in [-0.15, -0.1) is 0 Å². The van der Waals surface area contributed by atoms with E-state index in [4.69, 9.17) is 0 Å². The van der Waals surface area contributed by atoms with E-state index in [0.717, 1.165) is 23.6 Å². The molecule has 0 unspecified atom stereocenters. The van der Waals surface area contributed by atoms with Gasteiger partial charge in [-0.05, 0) is 56.2 Å². The number of nitrogens with zero attached hydrogens (tertiary/aromatic N) is 2. The van der Waals surface area contributed by atoms with Gasteiger partial charge in [-0.25, -0.2) is 9.97 Å². The number of ketones is 1. The highest BCUT2D eigenvalue weighted by Crippen LogP contribution is 2.23. The van der Waals surface area contributed by atoms with Crippen LogP contribution in [0, 0.1) is 6.92 Å². The second-order valence-corrected chi connectivity index (χ2v) is 6.08. The van der Waals surface area contributed by atoms with E-state index in [1.54, 1.807) is 19.1 Å². The van der Waals surface area contributed by atoms with E-state index in [2.05, 4.69) is 33.6 Å². The summed E-state index contributed by atoms with van der Waals surface area (Å²) in [6.07, 6.45) is 0.945. The molecule has 0 spiro atoms. The van der Waals surface area contributed by atoms with E-state index in [1.807, 2.05) is 43.3 Å². The van der Waals surface area contributed by atoms with E-state index in [-0.39, 0.29) is 5.78 Å². The molecule has 0 atom stereocenters. The minimum absolute atomic E-state index is 0.0514. The summed E-state index contributed by atoms with van der Waals surface area (Å²) in [6.45, 7) is 5.55. The van der Waals surface area contributed by atoms with E-state index < -0.39 is 0 Å². The van der Waals surface area contributed by atoms with Gasteiger partial charge in [0.15, 0.2) is 5.78 Å². The lowest BCUT2D eigenvalue weighted by Crippen LogP contribution is -2.03. The van der Waals surface area contributed by atoms with Crippen molar-refractivity contribution < 1.29 is 4.79 Å². The van der Waals surface area contributed by atoms with E-state index in [0.29, 0.717) is 17.2 Å². The molecule has 0 amide bonds. The Morgan fingerprint density at radius 2 is 1.62 bits per heavy atom. The number of Topliss-reactive ketones (excluding diaryl/α,β-unsaturated/α-hetero) is 1. The lowest BCUT2D eigenvalue weighted by Gasteiger charge is -2.12. The molecule has 5 nitrogen and oxygen atoms in total. The number of hydrogen-bond acceptors (Lipinski definition) is 5. The first-order valence-electron chi connectivity index (χ1n) is 8.64. The van der Waals surface area contributed by atoms with Crippen molar-refractivity contribution >= 4 is 28.8 Å². The normalized spacial score (nSPS) is 10.4. The fourth-order valence-electron chi connectivity index (χ4n) is 2.72. The predicted octanol–water partition coefficient (Wildman–Crippen LogP) is 5.04. The third-order valence-electron chi connectivity index (χ3n) is 4.06. The first-order valence-corrected chi connectivity index (χ1v) is 8.64. The third-order valence-corrected chi connectivity index (χ3v) is 4.06. The van der Waals surface area contributed by atoms with Gasteiger partial charge in [0.05, 0.1) is 0 Å². The average Bonchev–Trinajstić information content (AvgIpc) is 2.62. The van der Waals surface area contributed by atoms with Crippen molar-refractivity contribution in [2.24, 2.45) is 0 Å². The number of carbonyl (C=O) groups excluding carboxylic acids is 1. The van der Waals surface area contributed by atoms with E-state index >= 15 is 0 Å². The Morgan fingerprint density at radius 3 is 2.27 bits per heavy atom. The van der Waals surface area contributed by atoms with Crippen LogP contribution in [0.4, 0.5) is 23.0 Å². The van der Waals surface area contributed by atoms with Gasteiger partial charge in [-0.2, -0.15) is 0 Å². The number of nitrogens with one attached hydrogen (secondary N) is 2. The highest BCUT2D eigenvalue weighted by molar-refractivity contribution is 5.94. The SMILES string of the molecule is CCc1ccccc1Nc1cc(Nc2ccc(C(C)=O)cc2)nc(C)n1. The monoisotopic (exact) mass is 346 g/mol. The van der Waals surface area contributed by atoms with Crippen molar-refractivity contribution in [1.82, 2.24) is 9.97 Å². The minimum Gasteiger partial charge on any atom is -0.340 e.